The van der Waals surface area contributed by atoms with Gasteiger partial charge in [-0.05, 0) is 30.9 Å². The molecule has 0 fully saturated rings. The molecule has 2 unspecified atom stereocenters. The minimum Gasteiger partial charge on any atom is -0.385 e. The first-order chi connectivity index (χ1) is 7.00. The first kappa shape index (κ1) is 12.1. The monoisotopic (exact) mass is 208 g/mol. The summed E-state index contributed by atoms with van der Waals surface area (Å²) in [6.45, 7) is 6.15. The Bertz CT molecular complexity index is 295. The average molecular weight is 208 g/mol. The highest BCUT2D eigenvalue weighted by molar-refractivity contribution is 5.15. The smallest absolute Gasteiger partial charge is 0.111 e. The SMILES string of the molecule is Cc1ccc(C(O)C(N)CC(C)C)nc1. The Morgan fingerprint density at radius 3 is 2.53 bits per heavy atom. The summed E-state index contributed by atoms with van der Waals surface area (Å²) in [4.78, 5) is 4.18. The van der Waals surface area contributed by atoms with Gasteiger partial charge < -0.3 is 10.8 Å². The molecule has 3 N–H and O–H groups in total. The van der Waals surface area contributed by atoms with Crippen LogP contribution in [-0.2, 0) is 0 Å². The van der Waals surface area contributed by atoms with Crippen molar-refractivity contribution >= 4 is 0 Å². The lowest BCUT2D eigenvalue weighted by Crippen LogP contribution is -2.30. The molecule has 0 saturated carbocycles. The van der Waals surface area contributed by atoms with E-state index in [1.54, 1.807) is 6.20 Å². The summed E-state index contributed by atoms with van der Waals surface area (Å²) in [7, 11) is 0. The minimum absolute atomic E-state index is 0.236. The van der Waals surface area contributed by atoms with Crippen molar-refractivity contribution in [3.05, 3.63) is 29.6 Å². The second-order valence-electron chi connectivity index (χ2n) is 4.50. The standard InChI is InChI=1S/C12H20N2O/c1-8(2)6-10(13)12(15)11-5-4-9(3)7-14-11/h4-5,7-8,10,12,15H,6,13H2,1-3H3. The minimum atomic E-state index is -0.659. The van der Waals surface area contributed by atoms with Gasteiger partial charge in [-0.25, -0.2) is 0 Å². The fourth-order valence-corrected chi connectivity index (χ4v) is 1.55. The lowest BCUT2D eigenvalue weighted by Gasteiger charge is -2.20. The number of hydrogen-bond donors (Lipinski definition) is 2. The van der Waals surface area contributed by atoms with E-state index in [2.05, 4.69) is 18.8 Å². The van der Waals surface area contributed by atoms with E-state index in [0.29, 0.717) is 11.6 Å². The molecule has 0 aliphatic rings. The maximum absolute atomic E-state index is 9.94. The van der Waals surface area contributed by atoms with E-state index in [-0.39, 0.29) is 6.04 Å². The normalized spacial score (nSPS) is 15.3. The zero-order chi connectivity index (χ0) is 11.4. The number of nitrogens with two attached hydrogens (primary N) is 1. The lowest BCUT2D eigenvalue weighted by atomic mass is 9.98. The van der Waals surface area contributed by atoms with E-state index in [9.17, 15) is 5.11 Å². The summed E-state index contributed by atoms with van der Waals surface area (Å²) in [5.41, 5.74) is 7.65. The third-order valence-corrected chi connectivity index (χ3v) is 2.39. The molecular formula is C12H20N2O. The molecule has 2 atom stereocenters. The van der Waals surface area contributed by atoms with Crippen molar-refractivity contribution < 1.29 is 5.11 Å². The van der Waals surface area contributed by atoms with Crippen LogP contribution in [0.15, 0.2) is 18.3 Å². The maximum atomic E-state index is 9.94. The third-order valence-electron chi connectivity index (χ3n) is 2.39. The number of hydrogen-bond acceptors (Lipinski definition) is 3. The Morgan fingerprint density at radius 2 is 2.07 bits per heavy atom. The van der Waals surface area contributed by atoms with Crippen molar-refractivity contribution in [3.8, 4) is 0 Å². The highest BCUT2D eigenvalue weighted by Gasteiger charge is 2.18. The summed E-state index contributed by atoms with van der Waals surface area (Å²) in [6, 6.07) is 3.54. The highest BCUT2D eigenvalue weighted by Crippen LogP contribution is 2.18. The average Bonchev–Trinajstić information content (AvgIpc) is 2.17. The Morgan fingerprint density at radius 1 is 1.40 bits per heavy atom. The van der Waals surface area contributed by atoms with Crippen LogP contribution in [0.2, 0.25) is 0 Å². The first-order valence-electron chi connectivity index (χ1n) is 5.37. The Kier molecular flexibility index (Phi) is 4.24. The molecule has 0 aliphatic carbocycles. The van der Waals surface area contributed by atoms with Crippen molar-refractivity contribution in [1.82, 2.24) is 4.98 Å². The Hall–Kier alpha value is -0.930. The number of aliphatic hydroxyl groups excluding tert-OH is 1. The maximum Gasteiger partial charge on any atom is 0.111 e. The molecule has 1 rings (SSSR count). The second kappa shape index (κ2) is 5.24. The topological polar surface area (TPSA) is 59.1 Å². The van der Waals surface area contributed by atoms with Gasteiger partial charge in [0.25, 0.3) is 0 Å². The molecule has 0 aromatic carbocycles. The zero-order valence-electron chi connectivity index (χ0n) is 9.64. The van der Waals surface area contributed by atoms with Crippen molar-refractivity contribution in [2.45, 2.75) is 39.3 Å². The molecule has 0 spiro atoms. The number of pyridine rings is 1. The summed E-state index contributed by atoms with van der Waals surface area (Å²) >= 11 is 0. The van der Waals surface area contributed by atoms with Crippen molar-refractivity contribution in [3.63, 3.8) is 0 Å². The molecular weight excluding hydrogens is 188 g/mol. The third kappa shape index (κ3) is 3.61. The van der Waals surface area contributed by atoms with Crippen LogP contribution in [0.5, 0.6) is 0 Å². The van der Waals surface area contributed by atoms with Gasteiger partial charge in [0.1, 0.15) is 6.10 Å². The van der Waals surface area contributed by atoms with Gasteiger partial charge in [-0.15, -0.1) is 0 Å². The number of aliphatic hydroxyl groups is 1. The second-order valence-corrected chi connectivity index (χ2v) is 4.50. The first-order valence-corrected chi connectivity index (χ1v) is 5.37. The summed E-state index contributed by atoms with van der Waals surface area (Å²) in [5, 5.41) is 9.94. The molecule has 0 saturated heterocycles. The highest BCUT2D eigenvalue weighted by atomic mass is 16.3. The van der Waals surface area contributed by atoms with E-state index >= 15 is 0 Å². The van der Waals surface area contributed by atoms with Gasteiger partial charge >= 0.3 is 0 Å². The predicted octanol–water partition coefficient (Wildman–Crippen LogP) is 1.80. The molecule has 0 amide bonds. The van der Waals surface area contributed by atoms with Gasteiger partial charge in [-0.2, -0.15) is 0 Å². The van der Waals surface area contributed by atoms with E-state index in [1.165, 1.54) is 0 Å². The van der Waals surface area contributed by atoms with Gasteiger partial charge in [0.05, 0.1) is 5.69 Å². The van der Waals surface area contributed by atoms with E-state index in [0.717, 1.165) is 12.0 Å². The molecule has 84 valence electrons. The summed E-state index contributed by atoms with van der Waals surface area (Å²) < 4.78 is 0. The van der Waals surface area contributed by atoms with Gasteiger partial charge in [-0.1, -0.05) is 19.9 Å². The molecule has 3 heteroatoms. The molecule has 1 aromatic rings. The van der Waals surface area contributed by atoms with Crippen LogP contribution >= 0.6 is 0 Å². The van der Waals surface area contributed by atoms with Crippen LogP contribution in [0.25, 0.3) is 0 Å². The fourth-order valence-electron chi connectivity index (χ4n) is 1.55. The van der Waals surface area contributed by atoms with Crippen LogP contribution in [-0.4, -0.2) is 16.1 Å². The molecule has 1 aromatic heterocycles. The predicted molar refractivity (Wildman–Crippen MR) is 61.4 cm³/mol. The van der Waals surface area contributed by atoms with Gasteiger partial charge in [0.15, 0.2) is 0 Å². The zero-order valence-corrected chi connectivity index (χ0v) is 9.64. The molecule has 0 bridgehead atoms. The quantitative estimate of drug-likeness (QED) is 0.793. The van der Waals surface area contributed by atoms with Crippen LogP contribution in [0.3, 0.4) is 0 Å². The largest absolute Gasteiger partial charge is 0.385 e. The number of aryl methyl sites for hydroxylation is 1. The number of aromatic nitrogens is 1. The van der Waals surface area contributed by atoms with Crippen molar-refractivity contribution in [2.75, 3.05) is 0 Å². The number of rotatable bonds is 4. The molecule has 15 heavy (non-hydrogen) atoms. The van der Waals surface area contributed by atoms with Gasteiger partial charge in [0, 0.05) is 12.2 Å². The van der Waals surface area contributed by atoms with E-state index in [1.807, 2.05) is 19.1 Å². The van der Waals surface area contributed by atoms with Crippen molar-refractivity contribution in [1.29, 1.82) is 0 Å². The fraction of sp³-hybridized carbons (Fsp3) is 0.583. The Labute approximate surface area is 91.3 Å². The lowest BCUT2D eigenvalue weighted by molar-refractivity contribution is 0.131. The van der Waals surface area contributed by atoms with Gasteiger partial charge in [0.2, 0.25) is 0 Å². The van der Waals surface area contributed by atoms with Gasteiger partial charge in [-0.3, -0.25) is 4.98 Å². The summed E-state index contributed by atoms with van der Waals surface area (Å²) in [5.74, 6) is 0.486. The molecule has 0 aliphatic heterocycles. The number of nitrogens with zero attached hydrogens (tertiary/aromatic N) is 1. The molecule has 1 heterocycles. The molecule has 0 radical (unpaired) electrons. The van der Waals surface area contributed by atoms with E-state index in [4.69, 9.17) is 5.73 Å². The Balaban J connectivity index is 2.67. The van der Waals surface area contributed by atoms with Crippen LogP contribution in [0.4, 0.5) is 0 Å². The summed E-state index contributed by atoms with van der Waals surface area (Å²) in [6.07, 6.45) is 1.89. The van der Waals surface area contributed by atoms with Crippen molar-refractivity contribution in [2.24, 2.45) is 11.7 Å². The van der Waals surface area contributed by atoms with Crippen LogP contribution < -0.4 is 5.73 Å². The van der Waals surface area contributed by atoms with Crippen LogP contribution in [0, 0.1) is 12.8 Å². The van der Waals surface area contributed by atoms with Crippen LogP contribution in [0.1, 0.15) is 37.6 Å². The molecule has 3 nitrogen and oxygen atoms in total. The van der Waals surface area contributed by atoms with E-state index < -0.39 is 6.10 Å².